The van der Waals surface area contributed by atoms with Gasteiger partial charge in [0, 0.05) is 0 Å². The molecular weight excluding hydrogens is 148 g/mol. The Morgan fingerprint density at radius 3 is 2.55 bits per heavy atom. The predicted octanol–water partition coefficient (Wildman–Crippen LogP) is -0.460. The molecule has 0 unspecified atom stereocenters. The van der Waals surface area contributed by atoms with Crippen molar-refractivity contribution in [3.05, 3.63) is 16.2 Å². The highest BCUT2D eigenvalue weighted by Crippen LogP contribution is 2.07. The number of carbonyl (C=O) groups excluding carboxylic acids is 1. The maximum atomic E-state index is 10.5. The zero-order valence-electron chi connectivity index (χ0n) is 5.97. The van der Waals surface area contributed by atoms with Gasteiger partial charge in [-0.25, -0.2) is 4.79 Å². The summed E-state index contributed by atoms with van der Waals surface area (Å²) < 4.78 is 0. The second kappa shape index (κ2) is 2.61. The molecule has 0 aliphatic heterocycles. The average molecular weight is 156 g/mol. The van der Waals surface area contributed by atoms with Crippen molar-refractivity contribution in [1.82, 2.24) is 9.97 Å². The van der Waals surface area contributed by atoms with E-state index in [1.165, 1.54) is 6.92 Å². The Morgan fingerprint density at radius 1 is 1.55 bits per heavy atom. The number of H-pyrrole nitrogens is 2. The highest BCUT2D eigenvalue weighted by atomic mass is 16.3. The lowest BCUT2D eigenvalue weighted by atomic mass is 10.2. The molecule has 0 aromatic carbocycles. The first-order chi connectivity index (χ1) is 5.09. The van der Waals surface area contributed by atoms with Gasteiger partial charge in [0.05, 0.1) is 12.1 Å². The van der Waals surface area contributed by atoms with Crippen LogP contribution in [0.4, 0.5) is 0 Å². The lowest BCUT2D eigenvalue weighted by Crippen LogP contribution is -2.03. The molecule has 1 aromatic rings. The molecule has 11 heavy (non-hydrogen) atoms. The van der Waals surface area contributed by atoms with Crippen LogP contribution in [-0.2, 0) is 11.2 Å². The Morgan fingerprint density at radius 2 is 2.18 bits per heavy atom. The molecule has 0 spiro atoms. The number of Topliss-reactive ketones (excluding diaryl/α,β-unsaturated/α-hetero) is 1. The summed E-state index contributed by atoms with van der Waals surface area (Å²) in [4.78, 5) is 25.4. The van der Waals surface area contributed by atoms with Crippen LogP contribution >= 0.6 is 0 Å². The molecule has 60 valence electrons. The van der Waals surface area contributed by atoms with E-state index in [0.29, 0.717) is 0 Å². The summed E-state index contributed by atoms with van der Waals surface area (Å²) in [6.45, 7) is 1.38. The molecule has 0 amide bonds. The number of aromatic amines is 2. The SMILES string of the molecule is CC(=O)Cc1[nH]c(=O)[nH]c1O. The highest BCUT2D eigenvalue weighted by molar-refractivity contribution is 5.78. The van der Waals surface area contributed by atoms with Gasteiger partial charge in [-0.2, -0.15) is 0 Å². The fraction of sp³-hybridized carbons (Fsp3) is 0.333. The van der Waals surface area contributed by atoms with Gasteiger partial charge in [0.1, 0.15) is 5.78 Å². The summed E-state index contributed by atoms with van der Waals surface area (Å²) in [5, 5.41) is 8.94. The second-order valence-electron chi connectivity index (χ2n) is 2.29. The van der Waals surface area contributed by atoms with E-state index in [2.05, 4.69) is 9.97 Å². The molecule has 5 nitrogen and oxygen atoms in total. The Labute approximate surface area is 62.1 Å². The Bertz CT molecular complexity index is 323. The number of hydrogen-bond donors (Lipinski definition) is 3. The predicted molar refractivity (Wildman–Crippen MR) is 37.5 cm³/mol. The summed E-state index contributed by atoms with van der Waals surface area (Å²) in [6, 6.07) is 0. The van der Waals surface area contributed by atoms with Gasteiger partial charge in [-0.3, -0.25) is 9.78 Å². The molecule has 0 saturated heterocycles. The Kier molecular flexibility index (Phi) is 1.80. The van der Waals surface area contributed by atoms with Gasteiger partial charge in [-0.05, 0) is 6.92 Å². The molecular formula is C6H8N2O3. The highest BCUT2D eigenvalue weighted by Gasteiger charge is 2.06. The molecule has 0 aliphatic carbocycles. The van der Waals surface area contributed by atoms with Crippen LogP contribution in [0.5, 0.6) is 5.88 Å². The van der Waals surface area contributed by atoms with Gasteiger partial charge in [-0.15, -0.1) is 0 Å². The van der Waals surface area contributed by atoms with Crippen molar-refractivity contribution in [3.63, 3.8) is 0 Å². The van der Waals surface area contributed by atoms with Crippen LogP contribution in [0.2, 0.25) is 0 Å². The molecule has 0 atom stereocenters. The average Bonchev–Trinajstić information content (AvgIpc) is 2.09. The van der Waals surface area contributed by atoms with E-state index in [1.54, 1.807) is 0 Å². The standard InChI is InChI=1S/C6H8N2O3/c1-3(9)2-4-5(10)8-6(11)7-4/h10H,2H2,1H3,(H2,7,8,11). The van der Waals surface area contributed by atoms with Gasteiger partial charge in [-0.1, -0.05) is 0 Å². The van der Waals surface area contributed by atoms with Crippen molar-refractivity contribution in [2.24, 2.45) is 0 Å². The second-order valence-corrected chi connectivity index (χ2v) is 2.29. The van der Waals surface area contributed by atoms with Gasteiger partial charge < -0.3 is 10.1 Å². The van der Waals surface area contributed by atoms with Gasteiger partial charge in [0.25, 0.3) is 0 Å². The van der Waals surface area contributed by atoms with E-state index in [9.17, 15) is 9.59 Å². The third-order valence-corrected chi connectivity index (χ3v) is 1.21. The maximum absolute atomic E-state index is 10.5. The van der Waals surface area contributed by atoms with Crippen molar-refractivity contribution in [2.75, 3.05) is 0 Å². The number of nitrogens with one attached hydrogen (secondary N) is 2. The van der Waals surface area contributed by atoms with Crippen molar-refractivity contribution in [1.29, 1.82) is 0 Å². The van der Waals surface area contributed by atoms with Crippen molar-refractivity contribution >= 4 is 5.78 Å². The molecule has 1 aromatic heterocycles. The van der Waals surface area contributed by atoms with Crippen LogP contribution in [0.25, 0.3) is 0 Å². The zero-order valence-corrected chi connectivity index (χ0v) is 5.97. The zero-order chi connectivity index (χ0) is 8.43. The third-order valence-electron chi connectivity index (χ3n) is 1.21. The van der Waals surface area contributed by atoms with E-state index < -0.39 is 5.69 Å². The number of ketones is 1. The first-order valence-corrected chi connectivity index (χ1v) is 3.09. The minimum absolute atomic E-state index is 0.0462. The number of aromatic nitrogens is 2. The van der Waals surface area contributed by atoms with E-state index in [4.69, 9.17) is 5.11 Å². The number of aromatic hydroxyl groups is 1. The van der Waals surface area contributed by atoms with Crippen molar-refractivity contribution in [2.45, 2.75) is 13.3 Å². The molecule has 1 heterocycles. The fourth-order valence-electron chi connectivity index (χ4n) is 0.787. The number of rotatable bonds is 2. The molecule has 0 radical (unpaired) electrons. The lowest BCUT2D eigenvalue weighted by molar-refractivity contribution is -0.116. The Hall–Kier alpha value is -1.52. The molecule has 0 fully saturated rings. The van der Waals surface area contributed by atoms with Crippen molar-refractivity contribution in [3.8, 4) is 5.88 Å². The van der Waals surface area contributed by atoms with Crippen molar-refractivity contribution < 1.29 is 9.90 Å². The maximum Gasteiger partial charge on any atom is 0.325 e. The number of carbonyl (C=O) groups is 1. The topological polar surface area (TPSA) is 86.0 Å². The van der Waals surface area contributed by atoms with Gasteiger partial charge in [0.2, 0.25) is 5.88 Å². The summed E-state index contributed by atoms with van der Waals surface area (Å²) in [5.74, 6) is -0.374. The molecule has 1 rings (SSSR count). The number of imidazole rings is 1. The van der Waals surface area contributed by atoms with E-state index >= 15 is 0 Å². The van der Waals surface area contributed by atoms with Crippen LogP contribution in [0, 0.1) is 0 Å². The smallest absolute Gasteiger partial charge is 0.325 e. The van der Waals surface area contributed by atoms with Gasteiger partial charge in [0.15, 0.2) is 0 Å². The van der Waals surface area contributed by atoms with E-state index in [1.807, 2.05) is 0 Å². The normalized spacial score (nSPS) is 9.91. The van der Waals surface area contributed by atoms with E-state index in [0.717, 1.165) is 0 Å². The number of hydrogen-bond acceptors (Lipinski definition) is 3. The van der Waals surface area contributed by atoms with Gasteiger partial charge >= 0.3 is 5.69 Å². The van der Waals surface area contributed by atoms with Crippen LogP contribution in [0.1, 0.15) is 12.6 Å². The minimum Gasteiger partial charge on any atom is -0.493 e. The first-order valence-electron chi connectivity index (χ1n) is 3.09. The van der Waals surface area contributed by atoms with E-state index in [-0.39, 0.29) is 23.8 Å². The van der Waals surface area contributed by atoms with Crippen LogP contribution in [0.15, 0.2) is 4.79 Å². The molecule has 5 heteroatoms. The molecule has 3 N–H and O–H groups in total. The summed E-state index contributed by atoms with van der Waals surface area (Å²) in [5.41, 5.74) is -0.263. The Balaban J connectivity index is 2.94. The monoisotopic (exact) mass is 156 g/mol. The molecule has 0 aliphatic rings. The van der Waals surface area contributed by atoms with Crippen LogP contribution < -0.4 is 5.69 Å². The summed E-state index contributed by atoms with van der Waals surface area (Å²) in [6.07, 6.45) is 0.0462. The third kappa shape index (κ3) is 1.70. The molecule has 0 saturated carbocycles. The summed E-state index contributed by atoms with van der Waals surface area (Å²) >= 11 is 0. The fourth-order valence-corrected chi connectivity index (χ4v) is 0.787. The molecule has 0 bridgehead atoms. The summed E-state index contributed by atoms with van der Waals surface area (Å²) in [7, 11) is 0. The first kappa shape index (κ1) is 7.59. The minimum atomic E-state index is -0.501. The quantitative estimate of drug-likeness (QED) is 0.541. The lowest BCUT2D eigenvalue weighted by Gasteiger charge is -1.90. The van der Waals surface area contributed by atoms with Crippen LogP contribution in [0.3, 0.4) is 0 Å². The van der Waals surface area contributed by atoms with Crippen LogP contribution in [-0.4, -0.2) is 20.9 Å². The largest absolute Gasteiger partial charge is 0.493 e.